The molecule has 0 aliphatic heterocycles. The van der Waals surface area contributed by atoms with Gasteiger partial charge in [0.15, 0.2) is 0 Å². The van der Waals surface area contributed by atoms with Crippen LogP contribution in [0.25, 0.3) is 0 Å². The lowest BCUT2D eigenvalue weighted by Gasteiger charge is -2.18. The maximum absolute atomic E-state index is 12.9. The number of phenolic OH excluding ortho intramolecular Hbond substituents is 1. The van der Waals surface area contributed by atoms with Gasteiger partial charge in [0.1, 0.15) is 11.6 Å². The van der Waals surface area contributed by atoms with Gasteiger partial charge in [-0.2, -0.15) is 0 Å². The minimum Gasteiger partial charge on any atom is -0.507 e. The Labute approximate surface area is 105 Å². The predicted molar refractivity (Wildman–Crippen MR) is 64.8 cm³/mol. The fourth-order valence-corrected chi connectivity index (χ4v) is 2.46. The van der Waals surface area contributed by atoms with Crippen molar-refractivity contribution in [2.24, 2.45) is 11.8 Å². The Morgan fingerprint density at radius 2 is 1.89 bits per heavy atom. The van der Waals surface area contributed by atoms with E-state index in [0.29, 0.717) is 11.8 Å². The van der Waals surface area contributed by atoms with E-state index < -0.39 is 5.82 Å². The average Bonchev–Trinajstić information content (AvgIpc) is 3.17. The lowest BCUT2D eigenvalue weighted by Crippen LogP contribution is -2.38. The number of amides is 1. The van der Waals surface area contributed by atoms with E-state index in [0.717, 1.165) is 6.07 Å². The Morgan fingerprint density at radius 3 is 2.39 bits per heavy atom. The Balaban J connectivity index is 1.73. The van der Waals surface area contributed by atoms with E-state index in [-0.39, 0.29) is 23.3 Å². The number of carbonyl (C=O) groups is 1. The van der Waals surface area contributed by atoms with Crippen molar-refractivity contribution in [2.75, 3.05) is 0 Å². The third-order valence-electron chi connectivity index (χ3n) is 3.76. The molecule has 1 aromatic carbocycles. The molecule has 2 saturated carbocycles. The predicted octanol–water partition coefficient (Wildman–Crippen LogP) is 2.45. The van der Waals surface area contributed by atoms with Crippen molar-refractivity contribution in [3.63, 3.8) is 0 Å². The molecule has 3 nitrogen and oxygen atoms in total. The van der Waals surface area contributed by atoms with Crippen LogP contribution in [0.2, 0.25) is 0 Å². The second-order valence-corrected chi connectivity index (χ2v) is 5.34. The zero-order chi connectivity index (χ0) is 12.7. The normalized spacial score (nSPS) is 19.0. The summed E-state index contributed by atoms with van der Waals surface area (Å²) in [6.45, 7) is 0. The second kappa shape index (κ2) is 4.26. The molecule has 96 valence electrons. The maximum Gasteiger partial charge on any atom is 0.255 e. The van der Waals surface area contributed by atoms with Gasteiger partial charge in [-0.25, -0.2) is 4.39 Å². The van der Waals surface area contributed by atoms with E-state index >= 15 is 0 Å². The van der Waals surface area contributed by atoms with Gasteiger partial charge < -0.3 is 10.4 Å². The zero-order valence-corrected chi connectivity index (χ0v) is 10.0. The molecule has 0 aromatic heterocycles. The summed E-state index contributed by atoms with van der Waals surface area (Å²) in [7, 11) is 0. The summed E-state index contributed by atoms with van der Waals surface area (Å²) >= 11 is 0. The summed E-state index contributed by atoms with van der Waals surface area (Å²) in [6.07, 6.45) is 4.71. The van der Waals surface area contributed by atoms with E-state index in [1.165, 1.54) is 37.8 Å². The van der Waals surface area contributed by atoms with Crippen molar-refractivity contribution in [1.82, 2.24) is 5.32 Å². The van der Waals surface area contributed by atoms with Crippen LogP contribution in [0.5, 0.6) is 5.75 Å². The number of phenols is 1. The first kappa shape index (κ1) is 11.5. The van der Waals surface area contributed by atoms with Gasteiger partial charge in [0.25, 0.3) is 5.91 Å². The smallest absolute Gasteiger partial charge is 0.255 e. The molecule has 0 heterocycles. The van der Waals surface area contributed by atoms with Crippen LogP contribution in [0.1, 0.15) is 36.0 Å². The molecule has 2 fully saturated rings. The molecule has 0 saturated heterocycles. The van der Waals surface area contributed by atoms with Crippen molar-refractivity contribution in [2.45, 2.75) is 31.7 Å². The molecule has 2 N–H and O–H groups in total. The van der Waals surface area contributed by atoms with E-state index in [2.05, 4.69) is 5.32 Å². The third-order valence-corrected chi connectivity index (χ3v) is 3.76. The monoisotopic (exact) mass is 249 g/mol. The van der Waals surface area contributed by atoms with Crippen LogP contribution in [-0.2, 0) is 0 Å². The first-order chi connectivity index (χ1) is 8.65. The number of benzene rings is 1. The van der Waals surface area contributed by atoms with Crippen molar-refractivity contribution in [1.29, 1.82) is 0 Å². The van der Waals surface area contributed by atoms with E-state index in [1.807, 2.05) is 0 Å². The van der Waals surface area contributed by atoms with Gasteiger partial charge in [-0.3, -0.25) is 4.79 Å². The number of aromatic hydroxyl groups is 1. The van der Waals surface area contributed by atoms with E-state index in [1.54, 1.807) is 0 Å². The van der Waals surface area contributed by atoms with Crippen LogP contribution < -0.4 is 5.32 Å². The van der Waals surface area contributed by atoms with Gasteiger partial charge in [0, 0.05) is 12.1 Å². The molecule has 0 bridgehead atoms. The summed E-state index contributed by atoms with van der Waals surface area (Å²) in [6, 6.07) is 3.73. The van der Waals surface area contributed by atoms with E-state index in [9.17, 15) is 14.3 Å². The Morgan fingerprint density at radius 1 is 1.28 bits per heavy atom. The zero-order valence-electron chi connectivity index (χ0n) is 10.0. The molecule has 3 rings (SSSR count). The number of nitrogens with one attached hydrogen (secondary N) is 1. The van der Waals surface area contributed by atoms with Gasteiger partial charge in [-0.1, -0.05) is 0 Å². The standard InChI is InChI=1S/C14H16FNO2/c15-10-5-6-11(12(17)7-10)14(18)16-13(8-1-2-8)9-3-4-9/h5-9,13,17H,1-4H2,(H,16,18). The van der Waals surface area contributed by atoms with Crippen molar-refractivity contribution in [3.05, 3.63) is 29.6 Å². The maximum atomic E-state index is 12.9. The molecule has 2 aliphatic carbocycles. The van der Waals surface area contributed by atoms with Crippen molar-refractivity contribution < 1.29 is 14.3 Å². The number of hydrogen-bond donors (Lipinski definition) is 2. The van der Waals surface area contributed by atoms with Crippen LogP contribution in [0.3, 0.4) is 0 Å². The van der Waals surface area contributed by atoms with Crippen LogP contribution >= 0.6 is 0 Å². The van der Waals surface area contributed by atoms with Gasteiger partial charge >= 0.3 is 0 Å². The van der Waals surface area contributed by atoms with Gasteiger partial charge in [-0.05, 0) is 49.7 Å². The number of halogens is 1. The summed E-state index contributed by atoms with van der Waals surface area (Å²) < 4.78 is 12.9. The lowest BCUT2D eigenvalue weighted by molar-refractivity contribution is 0.0923. The molecule has 1 aromatic rings. The highest BCUT2D eigenvalue weighted by Gasteiger charge is 2.42. The van der Waals surface area contributed by atoms with E-state index in [4.69, 9.17) is 0 Å². The minimum atomic E-state index is -0.537. The molecule has 18 heavy (non-hydrogen) atoms. The van der Waals surface area contributed by atoms with Crippen molar-refractivity contribution >= 4 is 5.91 Å². The molecular formula is C14H16FNO2. The quantitative estimate of drug-likeness (QED) is 0.861. The van der Waals surface area contributed by atoms with Crippen molar-refractivity contribution in [3.8, 4) is 5.75 Å². The van der Waals surface area contributed by atoms with Crippen LogP contribution in [0, 0.1) is 17.7 Å². The third kappa shape index (κ3) is 2.33. The molecular weight excluding hydrogens is 233 g/mol. The summed E-state index contributed by atoms with van der Waals surface area (Å²) in [5.41, 5.74) is 0.155. The fourth-order valence-electron chi connectivity index (χ4n) is 2.46. The molecule has 0 unspecified atom stereocenters. The minimum absolute atomic E-state index is 0.155. The van der Waals surface area contributed by atoms with Crippen LogP contribution in [0.15, 0.2) is 18.2 Å². The van der Waals surface area contributed by atoms with Crippen LogP contribution in [0.4, 0.5) is 4.39 Å². The molecule has 4 heteroatoms. The first-order valence-corrected chi connectivity index (χ1v) is 6.44. The van der Waals surface area contributed by atoms with Gasteiger partial charge in [0.2, 0.25) is 0 Å². The number of carbonyl (C=O) groups excluding carboxylic acids is 1. The van der Waals surface area contributed by atoms with Gasteiger partial charge in [0.05, 0.1) is 5.56 Å². The Kier molecular flexibility index (Phi) is 2.73. The molecule has 0 atom stereocenters. The second-order valence-electron chi connectivity index (χ2n) is 5.34. The highest BCUT2D eigenvalue weighted by molar-refractivity contribution is 5.97. The van der Waals surface area contributed by atoms with Crippen LogP contribution in [-0.4, -0.2) is 17.1 Å². The highest BCUT2D eigenvalue weighted by Crippen LogP contribution is 2.44. The lowest BCUT2D eigenvalue weighted by atomic mass is 10.1. The van der Waals surface area contributed by atoms with Gasteiger partial charge in [-0.15, -0.1) is 0 Å². The number of hydrogen-bond acceptors (Lipinski definition) is 2. The topological polar surface area (TPSA) is 49.3 Å². The summed E-state index contributed by atoms with van der Waals surface area (Å²) in [5.74, 6) is 0.0761. The number of rotatable bonds is 4. The molecule has 1 amide bonds. The first-order valence-electron chi connectivity index (χ1n) is 6.44. The SMILES string of the molecule is O=C(NC(C1CC1)C1CC1)c1ccc(F)cc1O. The molecule has 0 radical (unpaired) electrons. The Hall–Kier alpha value is -1.58. The summed E-state index contributed by atoms with van der Waals surface area (Å²) in [4.78, 5) is 12.1. The molecule has 0 spiro atoms. The average molecular weight is 249 g/mol. The highest BCUT2D eigenvalue weighted by atomic mass is 19.1. The Bertz CT molecular complexity index is 469. The largest absolute Gasteiger partial charge is 0.507 e. The molecule has 2 aliphatic rings. The fraction of sp³-hybridized carbons (Fsp3) is 0.500. The summed E-state index contributed by atoms with van der Waals surface area (Å²) in [5, 5.41) is 12.6.